The molecule has 2 aromatic carbocycles. The Balaban J connectivity index is 1.96. The molecule has 2 aromatic rings. The number of hydrogen-bond donors (Lipinski definition) is 19. The Labute approximate surface area is 545 Å². The van der Waals surface area contributed by atoms with Gasteiger partial charge in [0, 0.05) is 18.7 Å². The van der Waals surface area contributed by atoms with Crippen LogP contribution >= 0.6 is 0 Å². The van der Waals surface area contributed by atoms with Crippen LogP contribution in [-0.4, -0.2) is 181 Å². The van der Waals surface area contributed by atoms with E-state index in [0.29, 0.717) is 17.7 Å². The van der Waals surface area contributed by atoms with Crippen LogP contribution in [0.2, 0.25) is 0 Å². The highest BCUT2D eigenvalue weighted by atomic mass is 16.3. The van der Waals surface area contributed by atoms with E-state index in [1.54, 1.807) is 56.3 Å². The molecule has 30 nitrogen and oxygen atoms in total. The number of urea groups is 1. The first-order valence-electron chi connectivity index (χ1n) is 32.5. The smallest absolute Gasteiger partial charge is 0.319 e. The van der Waals surface area contributed by atoms with Gasteiger partial charge < -0.3 is 103 Å². The number of nitrogens with one attached hydrogen (secondary N) is 12. The molecule has 1 heterocycles. The fourth-order valence-electron chi connectivity index (χ4n) is 10.2. The topological polar surface area (TPSA) is 503 Å². The van der Waals surface area contributed by atoms with Crippen molar-refractivity contribution < 1.29 is 63.0 Å². The van der Waals surface area contributed by atoms with Gasteiger partial charge in [-0.3, -0.25) is 47.9 Å². The summed E-state index contributed by atoms with van der Waals surface area (Å²) in [5.74, 6) is -10.5. The summed E-state index contributed by atoms with van der Waals surface area (Å²) in [6.45, 7) is 6.36. The predicted molar refractivity (Wildman–Crippen MR) is 350 cm³/mol. The number of aryl methyl sites for hydroxylation is 1. The Kier molecular flexibility index (Phi) is 36.2. The fourth-order valence-corrected chi connectivity index (χ4v) is 10.2. The number of rotatable bonds is 32. The fraction of sp³-hybridized carbons (Fsp3) is 0.635. The summed E-state index contributed by atoms with van der Waals surface area (Å²) < 4.78 is 0. The molecule has 1 aliphatic rings. The van der Waals surface area contributed by atoms with E-state index in [1.807, 2.05) is 12.1 Å². The van der Waals surface area contributed by atoms with Crippen LogP contribution in [0.1, 0.15) is 142 Å². The molecular weight excluding hydrogens is 1200 g/mol. The van der Waals surface area contributed by atoms with Crippen LogP contribution in [0.25, 0.3) is 0 Å². The first-order valence-corrected chi connectivity index (χ1v) is 32.5. The minimum atomic E-state index is -2.71. The minimum Gasteiger partial charge on any atom is -0.391 e. The average Bonchev–Trinajstić information content (AvgIpc) is 1.14. The van der Waals surface area contributed by atoms with Crippen molar-refractivity contribution >= 4 is 70.8 Å². The summed E-state index contributed by atoms with van der Waals surface area (Å²) in [7, 11) is 0. The number of benzene rings is 2. The molecule has 0 bridgehead atoms. The van der Waals surface area contributed by atoms with Crippen LogP contribution in [0.5, 0.6) is 0 Å². The second kappa shape index (κ2) is 42.4. The molecule has 0 radical (unpaired) electrons. The summed E-state index contributed by atoms with van der Waals surface area (Å²) >= 11 is 0. The normalized spacial score (nSPS) is 22.3. The van der Waals surface area contributed by atoms with Crippen LogP contribution in [0, 0.1) is 5.92 Å². The Morgan fingerprint density at radius 1 is 0.581 bits per heavy atom. The van der Waals surface area contributed by atoms with Crippen LogP contribution in [-0.2, 0) is 60.8 Å². The molecule has 0 unspecified atom stereocenters. The molecular formula is C63H105N17O13. The quantitative estimate of drug-likeness (QED) is 0.0337. The van der Waals surface area contributed by atoms with E-state index in [4.69, 9.17) is 28.7 Å². The number of amides is 12. The van der Waals surface area contributed by atoms with Crippen molar-refractivity contribution in [3.05, 3.63) is 65.7 Å². The third-order valence-electron chi connectivity index (χ3n) is 15.9. The predicted octanol–water partition coefficient (Wildman–Crippen LogP) is -2.50. The van der Waals surface area contributed by atoms with Crippen LogP contribution in [0.3, 0.4) is 0 Å². The lowest BCUT2D eigenvalue weighted by molar-refractivity contribution is -0.148. The molecule has 1 aliphatic heterocycles. The van der Waals surface area contributed by atoms with Crippen molar-refractivity contribution in [1.82, 2.24) is 58.5 Å². The van der Waals surface area contributed by atoms with E-state index >= 15 is 0 Å². The largest absolute Gasteiger partial charge is 0.391 e. The summed E-state index contributed by atoms with van der Waals surface area (Å²) in [4.78, 5) is 155. The van der Waals surface area contributed by atoms with Crippen LogP contribution in [0.15, 0.2) is 54.6 Å². The van der Waals surface area contributed by atoms with Crippen LogP contribution < -0.4 is 92.5 Å². The minimum absolute atomic E-state index is 0.0821. The molecule has 24 N–H and O–H groups in total. The second-order valence-corrected chi connectivity index (χ2v) is 23.7. The Hall–Kier alpha value is -7.87. The lowest BCUT2D eigenvalue weighted by Gasteiger charge is -2.30. The molecule has 3 rings (SSSR count). The van der Waals surface area contributed by atoms with Crippen molar-refractivity contribution in [1.29, 1.82) is 0 Å². The maximum atomic E-state index is 14.6. The average molecular weight is 1310 g/mol. The van der Waals surface area contributed by atoms with E-state index in [9.17, 15) is 63.0 Å². The molecule has 520 valence electrons. The van der Waals surface area contributed by atoms with Gasteiger partial charge in [0.25, 0.3) is 5.91 Å². The van der Waals surface area contributed by atoms with Gasteiger partial charge in [0.15, 0.2) is 0 Å². The number of carbonyl (C=O) groups excluding carboxylic acids is 11. The van der Waals surface area contributed by atoms with E-state index in [0.717, 1.165) is 31.7 Å². The van der Waals surface area contributed by atoms with Crippen molar-refractivity contribution in [3.8, 4) is 0 Å². The first-order chi connectivity index (χ1) is 44.4. The molecule has 30 heteroatoms. The molecule has 1 fully saturated rings. The zero-order valence-electron chi connectivity index (χ0n) is 54.6. The number of carbonyl (C=O) groups is 11. The van der Waals surface area contributed by atoms with Crippen molar-refractivity contribution in [3.63, 3.8) is 0 Å². The standard InChI is InChI=1S/C63H105N17O13/c1-6-8-9-10-11-12-13-15-18-40-21-23-42(24-22-40)70-62(92)77-46(28-34-67)56(86)79-51(39(4)81)60(90)75-45(27-33-66)53(83)73-48-30-36-69-61(91)63(5,93)80-58(88)47(29-35-68)72-52(82)44(26-32-65)74-59(89)50(38(3)7-2)78-57(87)49(37-41-19-16-14-17-20-41)76-54(84)43(25-31-64)71-55(48)85/h14,16-17,19-24,38-39,43-51,81,93H,6-13,15,18,25-37,64-68H2,1-5H3,(H,69,91)(H,71,85)(H,72,82)(H,73,83)(H,74,89)(H,75,90)(H,76,84)(H,78,87)(H,79,86)(H,80,88)(H2,70,77,92)/t38-,39+,43-,44-,45-,46-,47-,48-,49+,50-,51-,63-/m0/s1. The van der Waals surface area contributed by atoms with E-state index in [-0.39, 0.29) is 71.2 Å². The first kappa shape index (κ1) is 79.4. The lowest BCUT2D eigenvalue weighted by Crippen LogP contribution is -2.63. The van der Waals surface area contributed by atoms with Gasteiger partial charge in [-0.2, -0.15) is 0 Å². The van der Waals surface area contributed by atoms with Gasteiger partial charge in [-0.1, -0.05) is 115 Å². The monoisotopic (exact) mass is 1310 g/mol. The molecule has 12 amide bonds. The van der Waals surface area contributed by atoms with Crippen molar-refractivity contribution in [2.24, 2.45) is 34.6 Å². The van der Waals surface area contributed by atoms with Crippen LogP contribution in [0.4, 0.5) is 10.5 Å². The third kappa shape index (κ3) is 28.1. The molecule has 0 saturated carbocycles. The van der Waals surface area contributed by atoms with E-state index in [2.05, 4.69) is 70.7 Å². The zero-order valence-corrected chi connectivity index (χ0v) is 54.6. The van der Waals surface area contributed by atoms with Gasteiger partial charge in [0.2, 0.25) is 58.9 Å². The molecule has 12 atom stereocenters. The highest BCUT2D eigenvalue weighted by Gasteiger charge is 2.39. The van der Waals surface area contributed by atoms with E-state index in [1.165, 1.54) is 45.4 Å². The Morgan fingerprint density at radius 3 is 1.65 bits per heavy atom. The van der Waals surface area contributed by atoms with Crippen molar-refractivity contribution in [2.75, 3.05) is 44.6 Å². The van der Waals surface area contributed by atoms with Crippen molar-refractivity contribution in [2.45, 2.75) is 210 Å². The molecule has 0 aliphatic carbocycles. The second-order valence-electron chi connectivity index (χ2n) is 23.7. The molecule has 93 heavy (non-hydrogen) atoms. The summed E-state index contributed by atoms with van der Waals surface area (Å²) in [6, 6.07) is 1.57. The van der Waals surface area contributed by atoms with Gasteiger partial charge >= 0.3 is 6.03 Å². The van der Waals surface area contributed by atoms with Gasteiger partial charge in [-0.05, 0) is 127 Å². The zero-order chi connectivity index (χ0) is 69.0. The maximum Gasteiger partial charge on any atom is 0.319 e. The third-order valence-corrected chi connectivity index (χ3v) is 15.9. The summed E-state index contributed by atoms with van der Waals surface area (Å²) in [5.41, 5.74) is 28.8. The van der Waals surface area contributed by atoms with Gasteiger partial charge in [-0.15, -0.1) is 0 Å². The number of aliphatic hydroxyl groups excluding tert-OH is 1. The summed E-state index contributed by atoms with van der Waals surface area (Å²) in [5, 5.41) is 52.5. The number of nitrogens with two attached hydrogens (primary N) is 5. The number of hydrogen-bond acceptors (Lipinski definition) is 18. The number of anilines is 1. The maximum absolute atomic E-state index is 14.6. The summed E-state index contributed by atoms with van der Waals surface area (Å²) in [6.07, 6.45) is 7.50. The van der Waals surface area contributed by atoms with E-state index < -0.39 is 150 Å². The van der Waals surface area contributed by atoms with Gasteiger partial charge in [0.1, 0.15) is 54.4 Å². The van der Waals surface area contributed by atoms with Gasteiger partial charge in [-0.25, -0.2) is 4.79 Å². The molecule has 0 aromatic heterocycles. The number of unbranched alkanes of at least 4 members (excludes halogenated alkanes) is 7. The SMILES string of the molecule is CCCCCCCCCCc1ccc(NC(=O)N[C@@H](CCN)C(=O)N[C@H](C(=O)N[C@@H](CCN)C(=O)N[C@H]2CCNC(=O)[C@](C)(O)NC(=O)[C@H](CCN)NC(=O)[C@H](CCN)NC(=O)[C@H]([C@@H](C)CC)NC(=O)[C@@H](Cc3ccccc3)NC(=O)[C@H](CCN)NC2=O)[C@@H](C)O)cc1. The highest BCUT2D eigenvalue weighted by molar-refractivity contribution is 6.00. The van der Waals surface area contributed by atoms with Gasteiger partial charge in [0.05, 0.1) is 6.10 Å². The molecule has 1 saturated heterocycles. The number of aliphatic hydroxyl groups is 2. The Morgan fingerprint density at radius 2 is 1.10 bits per heavy atom. The Bertz CT molecular complexity index is 2710. The molecule has 0 spiro atoms. The highest BCUT2D eigenvalue weighted by Crippen LogP contribution is 2.16. The lowest BCUT2D eigenvalue weighted by atomic mass is 9.96.